The van der Waals surface area contributed by atoms with E-state index in [1.807, 2.05) is 0 Å². The predicted octanol–water partition coefficient (Wildman–Crippen LogP) is 3.32. The van der Waals surface area contributed by atoms with Crippen molar-refractivity contribution in [3.05, 3.63) is 24.3 Å². The number of rotatable bonds is 6. The van der Waals surface area contributed by atoms with Crippen LogP contribution in [0.5, 0.6) is 5.75 Å². The van der Waals surface area contributed by atoms with Gasteiger partial charge in [-0.3, -0.25) is 0 Å². The monoisotopic (exact) mass is 294 g/mol. The van der Waals surface area contributed by atoms with Crippen molar-refractivity contribution in [2.45, 2.75) is 31.1 Å². The van der Waals surface area contributed by atoms with Crippen LogP contribution in [0, 0.1) is 0 Å². The van der Waals surface area contributed by atoms with Crippen molar-refractivity contribution < 1.29 is 4.74 Å². The summed E-state index contributed by atoms with van der Waals surface area (Å²) in [5.74, 6) is 2.25. The van der Waals surface area contributed by atoms with Gasteiger partial charge in [-0.15, -0.1) is 0 Å². The van der Waals surface area contributed by atoms with Gasteiger partial charge in [0.05, 0.1) is 0 Å². The minimum atomic E-state index is 0.592. The summed E-state index contributed by atoms with van der Waals surface area (Å²) in [6.45, 7) is 3.99. The first-order chi connectivity index (χ1) is 9.65. The zero-order valence-electron chi connectivity index (χ0n) is 12.8. The maximum atomic E-state index is 5.71. The van der Waals surface area contributed by atoms with Crippen LogP contribution in [-0.2, 0) is 0 Å². The molecule has 0 radical (unpaired) electrons. The molecule has 2 rings (SSSR count). The SMILES string of the molecule is CC1SCCCC1Nc1ccc(OCCN(C)C)cc1. The summed E-state index contributed by atoms with van der Waals surface area (Å²) in [6.07, 6.45) is 2.59. The molecule has 0 aliphatic carbocycles. The minimum Gasteiger partial charge on any atom is -0.492 e. The third kappa shape index (κ3) is 4.91. The Kier molecular flexibility index (Phi) is 6.05. The zero-order valence-corrected chi connectivity index (χ0v) is 13.6. The quantitative estimate of drug-likeness (QED) is 0.870. The molecular formula is C16H26N2OS. The first-order valence-corrected chi connectivity index (χ1v) is 8.46. The summed E-state index contributed by atoms with van der Waals surface area (Å²) < 4.78 is 5.71. The smallest absolute Gasteiger partial charge is 0.119 e. The summed E-state index contributed by atoms with van der Waals surface area (Å²) in [7, 11) is 4.11. The van der Waals surface area contributed by atoms with Crippen LogP contribution in [0.4, 0.5) is 5.69 Å². The normalized spacial score (nSPS) is 22.8. The van der Waals surface area contributed by atoms with Crippen molar-refractivity contribution >= 4 is 17.4 Å². The van der Waals surface area contributed by atoms with E-state index in [2.05, 4.69) is 67.3 Å². The molecular weight excluding hydrogens is 268 g/mol. The molecule has 1 fully saturated rings. The van der Waals surface area contributed by atoms with E-state index in [1.165, 1.54) is 24.3 Å². The molecule has 0 saturated carbocycles. The Morgan fingerprint density at radius 2 is 2.05 bits per heavy atom. The van der Waals surface area contributed by atoms with Crippen molar-refractivity contribution in [1.82, 2.24) is 4.90 Å². The second kappa shape index (κ2) is 7.79. The Balaban J connectivity index is 1.81. The first-order valence-electron chi connectivity index (χ1n) is 7.41. The van der Waals surface area contributed by atoms with Crippen molar-refractivity contribution in [3.8, 4) is 5.75 Å². The number of likely N-dealkylation sites (N-methyl/N-ethyl adjacent to an activating group) is 1. The van der Waals surface area contributed by atoms with Crippen LogP contribution in [0.3, 0.4) is 0 Å². The van der Waals surface area contributed by atoms with Gasteiger partial charge in [-0.25, -0.2) is 0 Å². The van der Waals surface area contributed by atoms with Crippen LogP contribution in [0.25, 0.3) is 0 Å². The molecule has 1 aromatic rings. The lowest BCUT2D eigenvalue weighted by molar-refractivity contribution is 0.261. The van der Waals surface area contributed by atoms with Crippen molar-refractivity contribution in [1.29, 1.82) is 0 Å². The summed E-state index contributed by atoms with van der Waals surface area (Å²) in [4.78, 5) is 2.12. The maximum Gasteiger partial charge on any atom is 0.119 e. The van der Waals surface area contributed by atoms with Gasteiger partial charge in [0.1, 0.15) is 12.4 Å². The number of nitrogens with one attached hydrogen (secondary N) is 1. The Labute approximate surface area is 127 Å². The van der Waals surface area contributed by atoms with E-state index in [9.17, 15) is 0 Å². The lowest BCUT2D eigenvalue weighted by Gasteiger charge is -2.30. The molecule has 4 heteroatoms. The van der Waals surface area contributed by atoms with Crippen molar-refractivity contribution in [3.63, 3.8) is 0 Å². The lowest BCUT2D eigenvalue weighted by atomic mass is 10.1. The second-order valence-electron chi connectivity index (χ2n) is 5.65. The molecule has 1 aliphatic rings. The fourth-order valence-corrected chi connectivity index (χ4v) is 3.46. The van der Waals surface area contributed by atoms with Crippen LogP contribution in [0.1, 0.15) is 19.8 Å². The number of ether oxygens (including phenoxy) is 1. The molecule has 1 N–H and O–H groups in total. The third-order valence-corrected chi connectivity index (χ3v) is 5.00. The molecule has 0 spiro atoms. The van der Waals surface area contributed by atoms with Crippen LogP contribution in [-0.4, -0.2) is 49.2 Å². The molecule has 0 bridgehead atoms. The van der Waals surface area contributed by atoms with Crippen LogP contribution in [0.2, 0.25) is 0 Å². The van der Waals surface area contributed by atoms with E-state index in [0.717, 1.165) is 18.9 Å². The lowest BCUT2D eigenvalue weighted by Crippen LogP contribution is -2.32. The van der Waals surface area contributed by atoms with Gasteiger partial charge in [0.2, 0.25) is 0 Å². The van der Waals surface area contributed by atoms with Gasteiger partial charge in [0, 0.05) is 23.5 Å². The number of hydrogen-bond acceptors (Lipinski definition) is 4. The van der Waals surface area contributed by atoms with E-state index in [1.54, 1.807) is 0 Å². The average molecular weight is 294 g/mol. The first kappa shape index (κ1) is 15.5. The molecule has 0 amide bonds. The largest absolute Gasteiger partial charge is 0.492 e. The van der Waals surface area contributed by atoms with E-state index in [0.29, 0.717) is 11.3 Å². The molecule has 1 heterocycles. The summed E-state index contributed by atoms with van der Waals surface area (Å²) >= 11 is 2.07. The van der Waals surface area contributed by atoms with E-state index >= 15 is 0 Å². The van der Waals surface area contributed by atoms with Gasteiger partial charge in [0.15, 0.2) is 0 Å². The average Bonchev–Trinajstić information content (AvgIpc) is 2.43. The molecule has 3 nitrogen and oxygen atoms in total. The number of hydrogen-bond donors (Lipinski definition) is 1. The van der Waals surface area contributed by atoms with Crippen LogP contribution >= 0.6 is 11.8 Å². The highest BCUT2D eigenvalue weighted by molar-refractivity contribution is 8.00. The predicted molar refractivity (Wildman–Crippen MR) is 89.1 cm³/mol. The maximum absolute atomic E-state index is 5.71. The van der Waals surface area contributed by atoms with Crippen molar-refractivity contribution in [2.75, 3.05) is 38.3 Å². The fourth-order valence-electron chi connectivity index (χ4n) is 2.32. The number of anilines is 1. The van der Waals surface area contributed by atoms with Gasteiger partial charge in [-0.05, 0) is 57.0 Å². The second-order valence-corrected chi connectivity index (χ2v) is 7.13. The number of thioether (sulfide) groups is 1. The Morgan fingerprint density at radius 3 is 2.70 bits per heavy atom. The van der Waals surface area contributed by atoms with E-state index < -0.39 is 0 Å². The molecule has 0 aromatic heterocycles. The highest BCUT2D eigenvalue weighted by Gasteiger charge is 2.21. The summed E-state index contributed by atoms with van der Waals surface area (Å²) in [5, 5.41) is 4.34. The molecule has 1 aliphatic heterocycles. The number of nitrogens with zero attached hydrogens (tertiary/aromatic N) is 1. The Hall–Kier alpha value is -0.870. The van der Waals surface area contributed by atoms with Gasteiger partial charge in [0.25, 0.3) is 0 Å². The van der Waals surface area contributed by atoms with Gasteiger partial charge >= 0.3 is 0 Å². The van der Waals surface area contributed by atoms with E-state index in [4.69, 9.17) is 4.74 Å². The highest BCUT2D eigenvalue weighted by Crippen LogP contribution is 2.28. The Bertz CT molecular complexity index is 394. The standard InChI is InChI=1S/C16H26N2OS/c1-13-16(5-4-12-20-13)17-14-6-8-15(9-7-14)19-11-10-18(2)3/h6-9,13,16-17H,4-5,10-12H2,1-3H3. The molecule has 1 aromatic carbocycles. The number of benzene rings is 1. The molecule has 2 unspecified atom stereocenters. The highest BCUT2D eigenvalue weighted by atomic mass is 32.2. The van der Waals surface area contributed by atoms with Crippen LogP contribution in [0.15, 0.2) is 24.3 Å². The zero-order chi connectivity index (χ0) is 14.4. The van der Waals surface area contributed by atoms with Gasteiger partial charge in [-0.1, -0.05) is 6.92 Å². The molecule has 1 saturated heterocycles. The minimum absolute atomic E-state index is 0.592. The Morgan fingerprint density at radius 1 is 1.30 bits per heavy atom. The van der Waals surface area contributed by atoms with Gasteiger partial charge < -0.3 is 15.0 Å². The van der Waals surface area contributed by atoms with E-state index in [-0.39, 0.29) is 0 Å². The van der Waals surface area contributed by atoms with Gasteiger partial charge in [-0.2, -0.15) is 11.8 Å². The van der Waals surface area contributed by atoms with Crippen LogP contribution < -0.4 is 10.1 Å². The topological polar surface area (TPSA) is 24.5 Å². The summed E-state index contributed by atoms with van der Waals surface area (Å²) in [5.41, 5.74) is 1.20. The van der Waals surface area contributed by atoms with Crippen molar-refractivity contribution in [2.24, 2.45) is 0 Å². The molecule has 20 heavy (non-hydrogen) atoms. The molecule has 112 valence electrons. The summed E-state index contributed by atoms with van der Waals surface area (Å²) in [6, 6.07) is 8.94. The fraction of sp³-hybridized carbons (Fsp3) is 0.625. The third-order valence-electron chi connectivity index (χ3n) is 3.62. The molecule has 2 atom stereocenters.